The summed E-state index contributed by atoms with van der Waals surface area (Å²) in [5, 5.41) is 4.04. The molecule has 0 aliphatic rings. The Balaban J connectivity index is 2.51. The van der Waals surface area contributed by atoms with Crippen molar-refractivity contribution >= 4 is 27.5 Å². The summed E-state index contributed by atoms with van der Waals surface area (Å²) >= 11 is 9.77. The summed E-state index contributed by atoms with van der Waals surface area (Å²) in [4.78, 5) is 0. The monoisotopic (exact) mass is 327 g/mol. The van der Waals surface area contributed by atoms with E-state index >= 15 is 0 Å². The highest BCUT2D eigenvalue weighted by molar-refractivity contribution is 9.10. The molecule has 1 aromatic carbocycles. The zero-order chi connectivity index (χ0) is 13.3. The molecule has 1 unspecified atom stereocenters. The minimum absolute atomic E-state index is 0.0347. The van der Waals surface area contributed by atoms with E-state index in [2.05, 4.69) is 21.2 Å². The number of hydrogen-bond donors (Lipinski definition) is 1. The molecule has 1 N–H and O–H groups in total. The summed E-state index contributed by atoms with van der Waals surface area (Å²) in [6.45, 7) is 3.92. The Kier molecular flexibility index (Phi) is 4.15. The first-order chi connectivity index (χ1) is 8.52. The maximum atomic E-state index is 6.29. The molecule has 0 spiro atoms. The zero-order valence-corrected chi connectivity index (χ0v) is 12.9. The zero-order valence-electron chi connectivity index (χ0n) is 10.6. The van der Waals surface area contributed by atoms with Gasteiger partial charge in [-0.3, -0.25) is 0 Å². The highest BCUT2D eigenvalue weighted by atomic mass is 79.9. The van der Waals surface area contributed by atoms with E-state index in [-0.39, 0.29) is 6.04 Å². The molecule has 18 heavy (non-hydrogen) atoms. The van der Waals surface area contributed by atoms with Gasteiger partial charge in [-0.05, 0) is 50.7 Å². The smallest absolute Gasteiger partial charge is 0.106 e. The van der Waals surface area contributed by atoms with Crippen molar-refractivity contribution in [2.24, 2.45) is 0 Å². The Hall–Kier alpha value is -0.770. The van der Waals surface area contributed by atoms with Crippen LogP contribution in [0.3, 0.4) is 0 Å². The average molecular weight is 329 g/mol. The van der Waals surface area contributed by atoms with Crippen molar-refractivity contribution < 1.29 is 4.42 Å². The second-order valence-corrected chi connectivity index (χ2v) is 5.58. The van der Waals surface area contributed by atoms with E-state index in [4.69, 9.17) is 16.0 Å². The molecular weight excluding hydrogens is 314 g/mol. The van der Waals surface area contributed by atoms with Gasteiger partial charge in [-0.25, -0.2) is 0 Å². The normalized spacial score (nSPS) is 12.7. The topological polar surface area (TPSA) is 25.2 Å². The van der Waals surface area contributed by atoms with Gasteiger partial charge in [0.15, 0.2) is 0 Å². The van der Waals surface area contributed by atoms with Gasteiger partial charge in [-0.1, -0.05) is 27.5 Å². The third-order valence-electron chi connectivity index (χ3n) is 2.95. The first-order valence-corrected chi connectivity index (χ1v) is 6.89. The second kappa shape index (κ2) is 5.47. The Morgan fingerprint density at radius 3 is 2.50 bits per heavy atom. The van der Waals surface area contributed by atoms with Crippen LogP contribution in [-0.2, 0) is 0 Å². The average Bonchev–Trinajstić information content (AvgIpc) is 2.64. The molecule has 1 heterocycles. The van der Waals surface area contributed by atoms with Crippen molar-refractivity contribution in [1.29, 1.82) is 0 Å². The van der Waals surface area contributed by atoms with Gasteiger partial charge in [0, 0.05) is 15.1 Å². The Bertz CT molecular complexity index is 565. The molecule has 0 bridgehead atoms. The minimum Gasteiger partial charge on any atom is -0.466 e. The fraction of sp³-hybridized carbons (Fsp3) is 0.286. The van der Waals surface area contributed by atoms with Crippen LogP contribution >= 0.6 is 27.5 Å². The summed E-state index contributed by atoms with van der Waals surface area (Å²) in [6.07, 6.45) is 0. The predicted molar refractivity (Wildman–Crippen MR) is 78.2 cm³/mol. The van der Waals surface area contributed by atoms with E-state index in [0.717, 1.165) is 32.1 Å². The highest BCUT2D eigenvalue weighted by Crippen LogP contribution is 2.33. The summed E-state index contributed by atoms with van der Waals surface area (Å²) in [7, 11) is 1.92. The molecule has 0 radical (unpaired) electrons. The molecule has 0 amide bonds. The van der Waals surface area contributed by atoms with E-state index in [1.165, 1.54) is 0 Å². The standard InChI is InChI=1S/C14H15BrClNO/c1-8-6-11(9(2)18-8)14(17-3)12-7-10(15)4-5-13(12)16/h4-7,14,17H,1-3H3. The van der Waals surface area contributed by atoms with Gasteiger partial charge in [0.2, 0.25) is 0 Å². The first-order valence-electron chi connectivity index (χ1n) is 5.72. The Morgan fingerprint density at radius 2 is 1.94 bits per heavy atom. The van der Waals surface area contributed by atoms with Crippen LogP contribution in [0.1, 0.15) is 28.7 Å². The van der Waals surface area contributed by atoms with Crippen LogP contribution in [0.2, 0.25) is 5.02 Å². The van der Waals surface area contributed by atoms with Crippen molar-refractivity contribution in [2.45, 2.75) is 19.9 Å². The van der Waals surface area contributed by atoms with Crippen molar-refractivity contribution in [3.05, 3.63) is 56.4 Å². The number of furan rings is 1. The molecule has 4 heteroatoms. The number of nitrogens with one attached hydrogen (secondary N) is 1. The van der Waals surface area contributed by atoms with E-state index in [9.17, 15) is 0 Å². The quantitative estimate of drug-likeness (QED) is 0.889. The molecule has 2 aromatic rings. The van der Waals surface area contributed by atoms with Crippen LogP contribution < -0.4 is 5.32 Å². The number of hydrogen-bond acceptors (Lipinski definition) is 2. The van der Waals surface area contributed by atoms with Crippen LogP contribution in [-0.4, -0.2) is 7.05 Å². The van der Waals surface area contributed by atoms with Crippen molar-refractivity contribution in [3.8, 4) is 0 Å². The largest absolute Gasteiger partial charge is 0.466 e. The van der Waals surface area contributed by atoms with Gasteiger partial charge in [0.05, 0.1) is 6.04 Å². The van der Waals surface area contributed by atoms with E-state index in [1.807, 2.05) is 45.2 Å². The Morgan fingerprint density at radius 1 is 1.22 bits per heavy atom. The fourth-order valence-corrected chi connectivity index (χ4v) is 2.76. The molecule has 96 valence electrons. The number of rotatable bonds is 3. The van der Waals surface area contributed by atoms with Crippen molar-refractivity contribution in [1.82, 2.24) is 5.32 Å². The van der Waals surface area contributed by atoms with Crippen LogP contribution in [0.25, 0.3) is 0 Å². The third kappa shape index (κ3) is 2.63. The van der Waals surface area contributed by atoms with E-state index in [1.54, 1.807) is 0 Å². The van der Waals surface area contributed by atoms with E-state index in [0.29, 0.717) is 0 Å². The van der Waals surface area contributed by atoms with E-state index < -0.39 is 0 Å². The van der Waals surface area contributed by atoms with Gasteiger partial charge in [0.25, 0.3) is 0 Å². The highest BCUT2D eigenvalue weighted by Gasteiger charge is 2.20. The van der Waals surface area contributed by atoms with Crippen LogP contribution in [0.15, 0.2) is 33.2 Å². The van der Waals surface area contributed by atoms with Gasteiger partial charge in [-0.2, -0.15) is 0 Å². The third-order valence-corrected chi connectivity index (χ3v) is 3.79. The SMILES string of the molecule is CNC(c1cc(Br)ccc1Cl)c1cc(C)oc1C. The molecule has 2 rings (SSSR count). The molecule has 0 saturated heterocycles. The van der Waals surface area contributed by atoms with Crippen molar-refractivity contribution in [2.75, 3.05) is 7.05 Å². The maximum Gasteiger partial charge on any atom is 0.106 e. The molecule has 1 aromatic heterocycles. The van der Waals surface area contributed by atoms with Crippen LogP contribution in [0.5, 0.6) is 0 Å². The molecular formula is C14H15BrClNO. The van der Waals surface area contributed by atoms with Crippen LogP contribution in [0.4, 0.5) is 0 Å². The minimum atomic E-state index is 0.0347. The summed E-state index contributed by atoms with van der Waals surface area (Å²) in [5.41, 5.74) is 2.16. The number of benzene rings is 1. The molecule has 0 saturated carbocycles. The van der Waals surface area contributed by atoms with Gasteiger partial charge >= 0.3 is 0 Å². The van der Waals surface area contributed by atoms with Gasteiger partial charge in [0.1, 0.15) is 11.5 Å². The number of aryl methyl sites for hydroxylation is 2. The molecule has 1 atom stereocenters. The second-order valence-electron chi connectivity index (χ2n) is 4.26. The summed E-state index contributed by atoms with van der Waals surface area (Å²) in [5.74, 6) is 1.83. The lowest BCUT2D eigenvalue weighted by molar-refractivity contribution is 0.497. The molecule has 2 nitrogen and oxygen atoms in total. The Labute approximate surface area is 120 Å². The molecule has 0 fully saturated rings. The van der Waals surface area contributed by atoms with Crippen LogP contribution in [0, 0.1) is 13.8 Å². The van der Waals surface area contributed by atoms with Gasteiger partial charge < -0.3 is 9.73 Å². The fourth-order valence-electron chi connectivity index (χ4n) is 2.15. The summed E-state index contributed by atoms with van der Waals surface area (Å²) in [6, 6.07) is 7.95. The lowest BCUT2D eigenvalue weighted by Crippen LogP contribution is -2.18. The lowest BCUT2D eigenvalue weighted by atomic mass is 9.99. The first kappa shape index (κ1) is 13.7. The lowest BCUT2D eigenvalue weighted by Gasteiger charge is -2.18. The summed E-state index contributed by atoms with van der Waals surface area (Å²) < 4.78 is 6.61. The molecule has 0 aliphatic carbocycles. The van der Waals surface area contributed by atoms with Crippen molar-refractivity contribution in [3.63, 3.8) is 0 Å². The molecule has 0 aliphatic heterocycles. The number of halogens is 2. The maximum absolute atomic E-state index is 6.29. The predicted octanol–water partition coefficient (Wildman–Crippen LogP) is 4.62. The van der Waals surface area contributed by atoms with Gasteiger partial charge in [-0.15, -0.1) is 0 Å².